The van der Waals surface area contributed by atoms with Crippen LogP contribution in [0.2, 0.25) is 0 Å². The Kier molecular flexibility index (Phi) is 3.21. The molecule has 4 heteroatoms. The number of hydrogen-bond donors (Lipinski definition) is 0. The zero-order valence-electron chi connectivity index (χ0n) is 10.4. The van der Waals surface area contributed by atoms with Gasteiger partial charge in [0.2, 0.25) is 5.95 Å². The van der Waals surface area contributed by atoms with E-state index in [2.05, 4.69) is 9.97 Å². The predicted molar refractivity (Wildman–Crippen MR) is 72.8 cm³/mol. The Morgan fingerprint density at radius 3 is 2.05 bits per heavy atom. The third kappa shape index (κ3) is 2.40. The van der Waals surface area contributed by atoms with Crippen LogP contribution in [0.1, 0.15) is 0 Å². The van der Waals surface area contributed by atoms with Crippen LogP contribution in [0.25, 0.3) is 22.3 Å². The van der Waals surface area contributed by atoms with Crippen molar-refractivity contribution in [1.29, 1.82) is 0 Å². The summed E-state index contributed by atoms with van der Waals surface area (Å²) in [6.45, 7) is 0. The van der Waals surface area contributed by atoms with Crippen LogP contribution < -0.4 is 0 Å². The maximum Gasteiger partial charge on any atom is 0.248 e. The maximum absolute atomic E-state index is 13.2. The van der Waals surface area contributed by atoms with E-state index in [-0.39, 0.29) is 0 Å². The lowest BCUT2D eigenvalue weighted by Gasteiger charge is -2.04. The molecule has 0 saturated heterocycles. The smallest absolute Gasteiger partial charge is 0.248 e. The second kappa shape index (κ2) is 5.17. The van der Waals surface area contributed by atoms with Gasteiger partial charge in [0.15, 0.2) is 5.82 Å². The first kappa shape index (κ1) is 12.4. The Hall–Kier alpha value is -2.62. The molecule has 98 valence electrons. The molecule has 0 aliphatic carbocycles. The second-order valence-corrected chi connectivity index (χ2v) is 4.32. The zero-order valence-corrected chi connectivity index (χ0v) is 10.4. The van der Waals surface area contributed by atoms with Gasteiger partial charge in [-0.25, -0.2) is 9.37 Å². The van der Waals surface area contributed by atoms with E-state index in [0.717, 1.165) is 22.8 Å². The molecule has 3 rings (SSSR count). The lowest BCUT2D eigenvalue weighted by Crippen LogP contribution is -1.90. The van der Waals surface area contributed by atoms with Crippen LogP contribution in [0.5, 0.6) is 0 Å². The van der Waals surface area contributed by atoms with Gasteiger partial charge in [0.05, 0.1) is 0 Å². The molecule has 1 aromatic carbocycles. The fourth-order valence-electron chi connectivity index (χ4n) is 1.97. The molecule has 2 aromatic heterocycles. The van der Waals surface area contributed by atoms with Crippen molar-refractivity contribution in [2.45, 2.75) is 0 Å². The maximum atomic E-state index is 13.2. The van der Waals surface area contributed by atoms with Gasteiger partial charge >= 0.3 is 0 Å². The molecule has 2 nitrogen and oxygen atoms in total. The molecule has 0 aliphatic rings. The minimum atomic E-state index is -1.08. The Bertz CT molecular complexity index is 725. The second-order valence-electron chi connectivity index (χ2n) is 4.32. The average Bonchev–Trinajstić information content (AvgIpc) is 2.51. The standard InChI is InChI=1S/C16H10F2N2/c17-15-8-14(10-20-16(15)18)12-5-3-11(4-6-12)13-2-1-7-19-9-13/h1-10H. The Morgan fingerprint density at radius 2 is 1.45 bits per heavy atom. The summed E-state index contributed by atoms with van der Waals surface area (Å²) in [5, 5.41) is 0. The molecule has 0 unspecified atom stereocenters. The lowest BCUT2D eigenvalue weighted by atomic mass is 10.0. The highest BCUT2D eigenvalue weighted by molar-refractivity contribution is 5.69. The minimum Gasteiger partial charge on any atom is -0.264 e. The van der Waals surface area contributed by atoms with Crippen LogP contribution in [0.4, 0.5) is 8.78 Å². The summed E-state index contributed by atoms with van der Waals surface area (Å²) < 4.78 is 26.0. The summed E-state index contributed by atoms with van der Waals surface area (Å²) in [6.07, 6.45) is 4.80. The van der Waals surface area contributed by atoms with Gasteiger partial charge < -0.3 is 0 Å². The van der Waals surface area contributed by atoms with E-state index >= 15 is 0 Å². The van der Waals surface area contributed by atoms with Gasteiger partial charge in [0, 0.05) is 24.2 Å². The topological polar surface area (TPSA) is 25.8 Å². The van der Waals surface area contributed by atoms with Crippen molar-refractivity contribution in [2.24, 2.45) is 0 Å². The van der Waals surface area contributed by atoms with E-state index in [4.69, 9.17) is 0 Å². The normalized spacial score (nSPS) is 10.5. The summed E-state index contributed by atoms with van der Waals surface area (Å²) in [4.78, 5) is 7.45. The van der Waals surface area contributed by atoms with Crippen molar-refractivity contribution >= 4 is 0 Å². The fourth-order valence-corrected chi connectivity index (χ4v) is 1.97. The molecule has 2 heterocycles. The zero-order chi connectivity index (χ0) is 13.9. The molecule has 0 bridgehead atoms. The van der Waals surface area contributed by atoms with Crippen LogP contribution in [-0.4, -0.2) is 9.97 Å². The van der Waals surface area contributed by atoms with Crippen molar-refractivity contribution in [3.8, 4) is 22.3 Å². The van der Waals surface area contributed by atoms with Crippen molar-refractivity contribution in [2.75, 3.05) is 0 Å². The highest BCUT2D eigenvalue weighted by atomic mass is 19.2. The average molecular weight is 268 g/mol. The van der Waals surface area contributed by atoms with E-state index in [1.807, 2.05) is 36.4 Å². The van der Waals surface area contributed by atoms with Gasteiger partial charge in [-0.2, -0.15) is 4.39 Å². The number of nitrogens with zero attached hydrogens (tertiary/aromatic N) is 2. The number of pyridine rings is 2. The largest absolute Gasteiger partial charge is 0.264 e. The van der Waals surface area contributed by atoms with E-state index < -0.39 is 11.8 Å². The Balaban J connectivity index is 1.95. The molecule has 20 heavy (non-hydrogen) atoms. The first-order chi connectivity index (χ1) is 9.74. The molecule has 0 N–H and O–H groups in total. The van der Waals surface area contributed by atoms with E-state index in [1.165, 1.54) is 6.20 Å². The van der Waals surface area contributed by atoms with Gasteiger partial charge in [-0.3, -0.25) is 4.98 Å². The Labute approximate surface area is 114 Å². The van der Waals surface area contributed by atoms with Crippen molar-refractivity contribution in [1.82, 2.24) is 9.97 Å². The van der Waals surface area contributed by atoms with Crippen LogP contribution in [0.15, 0.2) is 61.1 Å². The van der Waals surface area contributed by atoms with Crippen molar-refractivity contribution in [3.63, 3.8) is 0 Å². The van der Waals surface area contributed by atoms with Gasteiger partial charge in [-0.1, -0.05) is 30.3 Å². The molecular weight excluding hydrogens is 258 g/mol. The highest BCUT2D eigenvalue weighted by Gasteiger charge is 2.06. The van der Waals surface area contributed by atoms with E-state index in [0.29, 0.717) is 5.56 Å². The number of benzene rings is 1. The van der Waals surface area contributed by atoms with Gasteiger partial charge in [0.1, 0.15) is 0 Å². The molecule has 0 radical (unpaired) electrons. The molecule has 0 saturated carbocycles. The molecule has 0 aliphatic heterocycles. The third-order valence-electron chi connectivity index (χ3n) is 3.01. The molecule has 0 fully saturated rings. The van der Waals surface area contributed by atoms with Crippen LogP contribution in [0, 0.1) is 11.8 Å². The fraction of sp³-hybridized carbons (Fsp3) is 0. The number of halogens is 2. The van der Waals surface area contributed by atoms with Crippen LogP contribution in [-0.2, 0) is 0 Å². The van der Waals surface area contributed by atoms with Gasteiger partial charge in [0.25, 0.3) is 0 Å². The van der Waals surface area contributed by atoms with Gasteiger partial charge in [-0.15, -0.1) is 0 Å². The quantitative estimate of drug-likeness (QED) is 0.654. The highest BCUT2D eigenvalue weighted by Crippen LogP contribution is 2.24. The van der Waals surface area contributed by atoms with Crippen molar-refractivity contribution < 1.29 is 8.78 Å². The van der Waals surface area contributed by atoms with E-state index in [1.54, 1.807) is 12.4 Å². The number of hydrogen-bond acceptors (Lipinski definition) is 2. The summed E-state index contributed by atoms with van der Waals surface area (Å²) in [5.41, 5.74) is 3.34. The summed E-state index contributed by atoms with van der Waals surface area (Å²) >= 11 is 0. The first-order valence-corrected chi connectivity index (χ1v) is 6.06. The van der Waals surface area contributed by atoms with Gasteiger partial charge in [-0.05, 0) is 28.8 Å². The summed E-state index contributed by atoms with van der Waals surface area (Å²) in [7, 11) is 0. The molecule has 3 aromatic rings. The van der Waals surface area contributed by atoms with Crippen LogP contribution in [0.3, 0.4) is 0 Å². The van der Waals surface area contributed by atoms with Crippen molar-refractivity contribution in [3.05, 3.63) is 72.8 Å². The SMILES string of the molecule is Fc1cc(-c2ccc(-c3cccnc3)cc2)cnc1F. The first-order valence-electron chi connectivity index (χ1n) is 6.06. The third-order valence-corrected chi connectivity index (χ3v) is 3.01. The Morgan fingerprint density at radius 1 is 0.750 bits per heavy atom. The number of aromatic nitrogens is 2. The molecule has 0 spiro atoms. The molecular formula is C16H10F2N2. The number of rotatable bonds is 2. The minimum absolute atomic E-state index is 0.543. The molecule has 0 amide bonds. The predicted octanol–water partition coefficient (Wildman–Crippen LogP) is 4.09. The van der Waals surface area contributed by atoms with Crippen LogP contribution >= 0.6 is 0 Å². The summed E-state index contributed by atoms with van der Waals surface area (Å²) in [6, 6.07) is 12.5. The molecule has 0 atom stereocenters. The lowest BCUT2D eigenvalue weighted by molar-refractivity contribution is 0.480. The van der Waals surface area contributed by atoms with E-state index in [9.17, 15) is 8.78 Å². The summed E-state index contributed by atoms with van der Waals surface area (Å²) in [5.74, 6) is -2.03. The monoisotopic (exact) mass is 268 g/mol.